The second-order valence-corrected chi connectivity index (χ2v) is 8.62. The number of aromatic nitrogens is 1. The van der Waals surface area contributed by atoms with Gasteiger partial charge in [-0.1, -0.05) is 0 Å². The summed E-state index contributed by atoms with van der Waals surface area (Å²) in [5, 5.41) is 10.2. The molecule has 1 amide bonds. The molecule has 0 bridgehead atoms. The number of benzene rings is 1. The third-order valence-corrected chi connectivity index (χ3v) is 4.18. The molecule has 1 aromatic carbocycles. The molecule has 9 heteroatoms. The number of amides is 1. The summed E-state index contributed by atoms with van der Waals surface area (Å²) in [6.07, 6.45) is 2.15. The first-order chi connectivity index (χ1) is 13.5. The second kappa shape index (κ2) is 10.8. The zero-order valence-corrected chi connectivity index (χ0v) is 20.8. The number of fused-ring (bicyclic) bond motifs is 1. The molecular formula is C21H33FIN5O2. The van der Waals surface area contributed by atoms with Crippen molar-refractivity contribution in [2.24, 2.45) is 4.99 Å². The molecular weight excluding hydrogens is 500 g/mol. The van der Waals surface area contributed by atoms with Crippen molar-refractivity contribution in [1.82, 2.24) is 20.9 Å². The predicted octanol–water partition coefficient (Wildman–Crippen LogP) is 3.94. The highest BCUT2D eigenvalue weighted by molar-refractivity contribution is 14.0. The topological polar surface area (TPSA) is 90.5 Å². The molecule has 0 radical (unpaired) electrons. The SMILES string of the molecule is CN=C(NCCc1c[nH]c2ccc(F)cc12)NCC(C)(C)NC(=O)OC(C)(C)C.I. The zero-order valence-electron chi connectivity index (χ0n) is 18.5. The summed E-state index contributed by atoms with van der Waals surface area (Å²) in [4.78, 5) is 19.3. The van der Waals surface area contributed by atoms with Crippen LogP contribution >= 0.6 is 24.0 Å². The van der Waals surface area contributed by atoms with Gasteiger partial charge in [0.05, 0.1) is 5.54 Å². The lowest BCUT2D eigenvalue weighted by molar-refractivity contribution is 0.0474. The number of halogens is 2. The Morgan fingerprint density at radius 2 is 1.90 bits per heavy atom. The Morgan fingerprint density at radius 3 is 2.53 bits per heavy atom. The van der Waals surface area contributed by atoms with E-state index in [9.17, 15) is 9.18 Å². The van der Waals surface area contributed by atoms with E-state index in [0.29, 0.717) is 25.5 Å². The van der Waals surface area contributed by atoms with Crippen molar-refractivity contribution in [3.8, 4) is 0 Å². The Morgan fingerprint density at radius 1 is 1.20 bits per heavy atom. The standard InChI is InChI=1S/C21H32FN5O2.HI/c1-20(2,3)29-19(28)27-21(4,5)13-26-18(23-6)24-10-9-14-12-25-17-8-7-15(22)11-16(14)17;/h7-8,11-12,25H,9-10,13H2,1-6H3,(H,27,28)(H2,23,24,26);1H. The van der Waals surface area contributed by atoms with Crippen molar-refractivity contribution >= 4 is 46.9 Å². The Labute approximate surface area is 194 Å². The summed E-state index contributed by atoms with van der Waals surface area (Å²) in [6.45, 7) is 10.4. The van der Waals surface area contributed by atoms with E-state index in [2.05, 4.69) is 25.9 Å². The largest absolute Gasteiger partial charge is 0.444 e. The van der Waals surface area contributed by atoms with Crippen LogP contribution in [-0.2, 0) is 11.2 Å². The molecule has 0 aliphatic carbocycles. The fraction of sp³-hybridized carbons (Fsp3) is 0.524. The van der Waals surface area contributed by atoms with E-state index in [1.807, 2.05) is 40.8 Å². The third-order valence-electron chi connectivity index (χ3n) is 4.18. The number of H-pyrrole nitrogens is 1. The fourth-order valence-corrected chi connectivity index (χ4v) is 2.82. The van der Waals surface area contributed by atoms with Crippen LogP contribution in [0.3, 0.4) is 0 Å². The molecule has 0 saturated heterocycles. The minimum absolute atomic E-state index is 0. The number of hydrogen-bond donors (Lipinski definition) is 4. The highest BCUT2D eigenvalue weighted by atomic mass is 127. The predicted molar refractivity (Wildman–Crippen MR) is 130 cm³/mol. The number of ether oxygens (including phenoxy) is 1. The van der Waals surface area contributed by atoms with E-state index in [-0.39, 0.29) is 29.8 Å². The van der Waals surface area contributed by atoms with Crippen molar-refractivity contribution < 1.29 is 13.9 Å². The van der Waals surface area contributed by atoms with Gasteiger partial charge in [0.25, 0.3) is 0 Å². The lowest BCUT2D eigenvalue weighted by atomic mass is 10.1. The summed E-state index contributed by atoms with van der Waals surface area (Å²) in [7, 11) is 1.69. The van der Waals surface area contributed by atoms with Crippen molar-refractivity contribution in [3.63, 3.8) is 0 Å². The van der Waals surface area contributed by atoms with Crippen LogP contribution in [0.5, 0.6) is 0 Å². The second-order valence-electron chi connectivity index (χ2n) is 8.62. The molecule has 0 aliphatic rings. The van der Waals surface area contributed by atoms with Crippen molar-refractivity contribution in [2.75, 3.05) is 20.1 Å². The average molecular weight is 533 g/mol. The molecule has 7 nitrogen and oxygen atoms in total. The van der Waals surface area contributed by atoms with Crippen LogP contribution in [0.15, 0.2) is 29.4 Å². The number of aliphatic imine (C=N–C) groups is 1. The number of carbonyl (C=O) groups excluding carboxylic acids is 1. The number of aromatic amines is 1. The molecule has 0 unspecified atom stereocenters. The van der Waals surface area contributed by atoms with Gasteiger partial charge >= 0.3 is 6.09 Å². The van der Waals surface area contributed by atoms with Gasteiger partial charge in [-0.05, 0) is 64.8 Å². The van der Waals surface area contributed by atoms with Crippen LogP contribution in [0.2, 0.25) is 0 Å². The molecule has 0 fully saturated rings. The number of guanidine groups is 1. The van der Waals surface area contributed by atoms with Crippen molar-refractivity contribution in [1.29, 1.82) is 0 Å². The number of rotatable bonds is 6. The molecule has 0 atom stereocenters. The van der Waals surface area contributed by atoms with Crippen molar-refractivity contribution in [2.45, 2.75) is 52.2 Å². The van der Waals surface area contributed by atoms with Gasteiger partial charge in [0, 0.05) is 37.2 Å². The van der Waals surface area contributed by atoms with E-state index in [4.69, 9.17) is 4.74 Å². The monoisotopic (exact) mass is 533 g/mol. The highest BCUT2D eigenvalue weighted by Gasteiger charge is 2.24. The zero-order chi connectivity index (χ0) is 21.7. The summed E-state index contributed by atoms with van der Waals surface area (Å²) in [6, 6.07) is 4.72. The first-order valence-corrected chi connectivity index (χ1v) is 9.70. The van der Waals surface area contributed by atoms with E-state index >= 15 is 0 Å². The van der Waals surface area contributed by atoms with Gasteiger partial charge in [-0.2, -0.15) is 0 Å². The summed E-state index contributed by atoms with van der Waals surface area (Å²) in [5.74, 6) is 0.374. The molecule has 2 rings (SSSR count). The van der Waals surface area contributed by atoms with Crippen LogP contribution < -0.4 is 16.0 Å². The minimum atomic E-state index is -0.545. The van der Waals surface area contributed by atoms with E-state index in [1.165, 1.54) is 6.07 Å². The minimum Gasteiger partial charge on any atom is -0.444 e. The van der Waals surface area contributed by atoms with E-state index in [0.717, 1.165) is 16.5 Å². The van der Waals surface area contributed by atoms with Gasteiger partial charge in [-0.3, -0.25) is 4.99 Å². The van der Waals surface area contributed by atoms with E-state index < -0.39 is 17.2 Å². The Kier molecular flexibility index (Phi) is 9.38. The molecule has 0 aliphatic heterocycles. The molecule has 168 valence electrons. The summed E-state index contributed by atoms with van der Waals surface area (Å²) in [5.41, 5.74) is 0.874. The Bertz CT molecular complexity index is 874. The lowest BCUT2D eigenvalue weighted by Crippen LogP contribution is -2.54. The average Bonchev–Trinajstić information content (AvgIpc) is 2.97. The quantitative estimate of drug-likeness (QED) is 0.257. The van der Waals surface area contributed by atoms with Crippen LogP contribution in [0.25, 0.3) is 10.9 Å². The molecule has 2 aromatic rings. The van der Waals surface area contributed by atoms with Crippen LogP contribution in [0.4, 0.5) is 9.18 Å². The maximum atomic E-state index is 13.5. The van der Waals surface area contributed by atoms with Crippen molar-refractivity contribution in [3.05, 3.63) is 35.8 Å². The molecule has 1 heterocycles. The molecule has 4 N–H and O–H groups in total. The van der Waals surface area contributed by atoms with Gasteiger partial charge in [-0.15, -0.1) is 24.0 Å². The summed E-state index contributed by atoms with van der Waals surface area (Å²) >= 11 is 0. The molecule has 1 aromatic heterocycles. The molecule has 0 spiro atoms. The van der Waals surface area contributed by atoms with Crippen LogP contribution in [0.1, 0.15) is 40.2 Å². The number of nitrogens with zero attached hydrogens (tertiary/aromatic N) is 1. The lowest BCUT2D eigenvalue weighted by Gasteiger charge is -2.29. The number of nitrogens with one attached hydrogen (secondary N) is 4. The van der Waals surface area contributed by atoms with Crippen LogP contribution in [0, 0.1) is 5.82 Å². The number of carbonyl (C=O) groups is 1. The number of alkyl carbamates (subject to hydrolysis) is 1. The van der Waals surface area contributed by atoms with Gasteiger partial charge in [0.15, 0.2) is 5.96 Å². The fourth-order valence-electron chi connectivity index (χ4n) is 2.82. The van der Waals surface area contributed by atoms with Crippen LogP contribution in [-0.4, -0.2) is 48.3 Å². The molecule has 30 heavy (non-hydrogen) atoms. The summed E-state index contributed by atoms with van der Waals surface area (Å²) < 4.78 is 18.8. The number of hydrogen-bond acceptors (Lipinski definition) is 3. The first-order valence-electron chi connectivity index (χ1n) is 9.70. The maximum absolute atomic E-state index is 13.5. The Hall–Kier alpha value is -2.04. The van der Waals surface area contributed by atoms with Gasteiger partial charge in [0.1, 0.15) is 11.4 Å². The normalized spacial score (nSPS) is 12.3. The van der Waals surface area contributed by atoms with Gasteiger partial charge in [-0.25, -0.2) is 9.18 Å². The van der Waals surface area contributed by atoms with E-state index in [1.54, 1.807) is 19.2 Å². The highest BCUT2D eigenvalue weighted by Crippen LogP contribution is 2.19. The maximum Gasteiger partial charge on any atom is 0.408 e. The first kappa shape index (κ1) is 26.0. The third kappa shape index (κ3) is 8.37. The van der Waals surface area contributed by atoms with Gasteiger partial charge in [0.2, 0.25) is 0 Å². The Balaban J connectivity index is 0.00000450. The smallest absolute Gasteiger partial charge is 0.408 e. The van der Waals surface area contributed by atoms with Gasteiger partial charge < -0.3 is 25.7 Å². The molecule has 0 saturated carbocycles.